The van der Waals surface area contributed by atoms with Crippen molar-refractivity contribution >= 4 is 43.4 Å². The Hall–Kier alpha value is -1.99. The molecule has 0 aromatic carbocycles. The van der Waals surface area contributed by atoms with Gasteiger partial charge >= 0.3 is 0 Å². The zero-order valence-corrected chi connectivity index (χ0v) is 14.4. The number of nitrogens with zero attached hydrogens (tertiary/aromatic N) is 5. The normalized spacial score (nSPS) is 10.7. The molecular formula is C15H15N5S2. The molecule has 0 bridgehead atoms. The minimum absolute atomic E-state index is 0.771. The predicted octanol–water partition coefficient (Wildman–Crippen LogP) is 4.01. The van der Waals surface area contributed by atoms with E-state index in [1.807, 2.05) is 40.0 Å². The van der Waals surface area contributed by atoms with Crippen LogP contribution in [0.25, 0.3) is 20.7 Å². The summed E-state index contributed by atoms with van der Waals surface area (Å²) in [6, 6.07) is 2.01. The van der Waals surface area contributed by atoms with Crippen molar-refractivity contribution in [2.45, 2.75) is 27.7 Å². The first-order valence-corrected chi connectivity index (χ1v) is 8.41. The van der Waals surface area contributed by atoms with Crippen LogP contribution in [0.4, 0.5) is 0 Å². The zero-order valence-electron chi connectivity index (χ0n) is 12.8. The number of aryl methyl sites for hydroxylation is 4. The molecule has 22 heavy (non-hydrogen) atoms. The standard InChI is InChI=1S/C8H8N2S.C7H7N3S/c1-5-3-7-8(4-9-5)11-6(2)10-7;1-4-3-8-7-6(9-4)10-5(2)11-7/h3-4H,1-2H3;3H,1-2H3. The lowest BCUT2D eigenvalue weighted by Crippen LogP contribution is -1.83. The van der Waals surface area contributed by atoms with Gasteiger partial charge in [0.25, 0.3) is 0 Å². The van der Waals surface area contributed by atoms with Crippen molar-refractivity contribution in [3.05, 3.63) is 39.9 Å². The van der Waals surface area contributed by atoms with Crippen LogP contribution in [0.3, 0.4) is 0 Å². The molecule has 0 aliphatic rings. The molecule has 0 unspecified atom stereocenters. The van der Waals surface area contributed by atoms with Gasteiger partial charge in [-0.15, -0.1) is 11.3 Å². The number of hydrogen-bond acceptors (Lipinski definition) is 7. The molecule has 4 rings (SSSR count). The average molecular weight is 329 g/mol. The number of hydrogen-bond donors (Lipinski definition) is 0. The van der Waals surface area contributed by atoms with E-state index in [0.717, 1.165) is 37.4 Å². The third-order valence-electron chi connectivity index (χ3n) is 2.87. The van der Waals surface area contributed by atoms with Crippen molar-refractivity contribution in [1.29, 1.82) is 0 Å². The zero-order chi connectivity index (χ0) is 15.7. The fourth-order valence-corrected chi connectivity index (χ4v) is 3.44. The molecule has 4 heterocycles. The van der Waals surface area contributed by atoms with Gasteiger partial charge in [-0.05, 0) is 33.8 Å². The van der Waals surface area contributed by atoms with Gasteiger partial charge < -0.3 is 0 Å². The molecule has 0 N–H and O–H groups in total. The topological polar surface area (TPSA) is 64.5 Å². The molecule has 0 aliphatic carbocycles. The molecule has 0 atom stereocenters. The number of fused-ring (bicyclic) bond motifs is 2. The highest BCUT2D eigenvalue weighted by molar-refractivity contribution is 7.18. The van der Waals surface area contributed by atoms with Gasteiger partial charge in [0.05, 0.1) is 25.9 Å². The minimum atomic E-state index is 0.771. The van der Waals surface area contributed by atoms with Gasteiger partial charge in [0.2, 0.25) is 0 Å². The van der Waals surface area contributed by atoms with Crippen molar-refractivity contribution < 1.29 is 0 Å². The molecule has 0 radical (unpaired) electrons. The van der Waals surface area contributed by atoms with Crippen LogP contribution in [-0.2, 0) is 0 Å². The van der Waals surface area contributed by atoms with E-state index in [0.29, 0.717) is 0 Å². The Bertz CT molecular complexity index is 864. The summed E-state index contributed by atoms with van der Waals surface area (Å²) in [5, 5.41) is 2.12. The van der Waals surface area contributed by atoms with Gasteiger partial charge in [0.15, 0.2) is 10.5 Å². The molecule has 0 amide bonds. The van der Waals surface area contributed by atoms with E-state index in [-0.39, 0.29) is 0 Å². The third-order valence-corrected chi connectivity index (χ3v) is 4.66. The summed E-state index contributed by atoms with van der Waals surface area (Å²) in [6.07, 6.45) is 3.65. The summed E-state index contributed by atoms with van der Waals surface area (Å²) in [7, 11) is 0. The van der Waals surface area contributed by atoms with Crippen molar-refractivity contribution in [3.8, 4) is 0 Å². The Morgan fingerprint density at radius 2 is 1.55 bits per heavy atom. The maximum Gasteiger partial charge on any atom is 0.190 e. The van der Waals surface area contributed by atoms with E-state index in [2.05, 4.69) is 24.9 Å². The van der Waals surface area contributed by atoms with E-state index in [4.69, 9.17) is 0 Å². The van der Waals surface area contributed by atoms with Crippen LogP contribution in [0.1, 0.15) is 21.4 Å². The fourth-order valence-electron chi connectivity index (χ4n) is 1.96. The molecule has 4 aromatic heterocycles. The summed E-state index contributed by atoms with van der Waals surface area (Å²) in [4.78, 5) is 22.1. The van der Waals surface area contributed by atoms with Crippen LogP contribution in [0.2, 0.25) is 0 Å². The minimum Gasteiger partial charge on any atom is -0.260 e. The first kappa shape index (κ1) is 14.9. The summed E-state index contributed by atoms with van der Waals surface area (Å²) in [5.41, 5.74) is 3.79. The summed E-state index contributed by atoms with van der Waals surface area (Å²) in [5.74, 6) is 0. The van der Waals surface area contributed by atoms with Gasteiger partial charge in [0, 0.05) is 18.1 Å². The van der Waals surface area contributed by atoms with Crippen LogP contribution in [0.15, 0.2) is 18.5 Å². The lowest BCUT2D eigenvalue weighted by Gasteiger charge is -1.87. The van der Waals surface area contributed by atoms with Crippen molar-refractivity contribution in [1.82, 2.24) is 24.9 Å². The van der Waals surface area contributed by atoms with Crippen molar-refractivity contribution in [3.63, 3.8) is 0 Å². The second kappa shape index (κ2) is 6.02. The molecule has 5 nitrogen and oxygen atoms in total. The predicted molar refractivity (Wildman–Crippen MR) is 91.6 cm³/mol. The first-order chi connectivity index (χ1) is 10.5. The SMILES string of the molecule is Cc1cc2nc(C)sc2cn1.Cc1cnc2sc(C)nc2n1. The molecule has 0 saturated carbocycles. The molecule has 4 aromatic rings. The van der Waals surface area contributed by atoms with E-state index in [9.17, 15) is 0 Å². The van der Waals surface area contributed by atoms with E-state index < -0.39 is 0 Å². The number of pyridine rings is 1. The third kappa shape index (κ3) is 3.26. The molecule has 0 spiro atoms. The molecule has 112 valence electrons. The fraction of sp³-hybridized carbons (Fsp3) is 0.267. The Morgan fingerprint density at radius 3 is 2.36 bits per heavy atom. The summed E-state index contributed by atoms with van der Waals surface area (Å²) < 4.78 is 1.17. The summed E-state index contributed by atoms with van der Waals surface area (Å²) >= 11 is 3.26. The highest BCUT2D eigenvalue weighted by Crippen LogP contribution is 2.20. The summed E-state index contributed by atoms with van der Waals surface area (Å²) in [6.45, 7) is 7.87. The highest BCUT2D eigenvalue weighted by atomic mass is 32.1. The van der Waals surface area contributed by atoms with Crippen LogP contribution in [0.5, 0.6) is 0 Å². The van der Waals surface area contributed by atoms with Gasteiger partial charge in [-0.3, -0.25) is 4.98 Å². The van der Waals surface area contributed by atoms with Gasteiger partial charge in [0.1, 0.15) is 0 Å². The largest absolute Gasteiger partial charge is 0.260 e. The van der Waals surface area contributed by atoms with Gasteiger partial charge in [-0.25, -0.2) is 19.9 Å². The monoisotopic (exact) mass is 329 g/mol. The number of thiazole rings is 2. The lowest BCUT2D eigenvalue weighted by molar-refractivity contribution is 1.16. The lowest BCUT2D eigenvalue weighted by atomic mass is 10.3. The molecule has 0 fully saturated rings. The van der Waals surface area contributed by atoms with E-state index in [1.54, 1.807) is 28.9 Å². The quantitative estimate of drug-likeness (QED) is 0.488. The Balaban J connectivity index is 0.000000131. The molecule has 7 heteroatoms. The Labute approximate surface area is 136 Å². The van der Waals surface area contributed by atoms with Crippen LogP contribution < -0.4 is 0 Å². The van der Waals surface area contributed by atoms with E-state index in [1.165, 1.54) is 4.70 Å². The van der Waals surface area contributed by atoms with Gasteiger partial charge in [-0.2, -0.15) is 0 Å². The molecular weight excluding hydrogens is 314 g/mol. The van der Waals surface area contributed by atoms with Crippen LogP contribution in [-0.4, -0.2) is 24.9 Å². The smallest absolute Gasteiger partial charge is 0.190 e. The van der Waals surface area contributed by atoms with Crippen LogP contribution >= 0.6 is 22.7 Å². The molecule has 0 saturated heterocycles. The Kier molecular flexibility index (Phi) is 4.08. The van der Waals surface area contributed by atoms with Gasteiger partial charge in [-0.1, -0.05) is 11.3 Å². The second-order valence-corrected chi connectivity index (χ2v) is 7.32. The number of rotatable bonds is 0. The number of aromatic nitrogens is 5. The average Bonchev–Trinajstić information content (AvgIpc) is 2.99. The first-order valence-electron chi connectivity index (χ1n) is 6.78. The second-order valence-electron chi connectivity index (χ2n) is 4.90. The maximum absolute atomic E-state index is 4.35. The Morgan fingerprint density at radius 1 is 0.773 bits per heavy atom. The van der Waals surface area contributed by atoms with E-state index >= 15 is 0 Å². The van der Waals surface area contributed by atoms with Crippen molar-refractivity contribution in [2.75, 3.05) is 0 Å². The van der Waals surface area contributed by atoms with Crippen LogP contribution in [0, 0.1) is 27.7 Å². The maximum atomic E-state index is 4.35. The highest BCUT2D eigenvalue weighted by Gasteiger charge is 2.01. The van der Waals surface area contributed by atoms with Crippen molar-refractivity contribution in [2.24, 2.45) is 0 Å². The molecule has 0 aliphatic heterocycles.